The number of benzene rings is 3. The molecule has 8 nitrogen and oxygen atoms in total. The van der Waals surface area contributed by atoms with Crippen molar-refractivity contribution in [1.29, 1.82) is 0 Å². The molecule has 1 heterocycles. The van der Waals surface area contributed by atoms with E-state index in [0.717, 1.165) is 11.1 Å². The zero-order valence-electron chi connectivity index (χ0n) is 22.5. The molecule has 1 amide bonds. The van der Waals surface area contributed by atoms with Gasteiger partial charge in [0, 0.05) is 42.0 Å². The van der Waals surface area contributed by atoms with Crippen LogP contribution in [0.15, 0.2) is 103 Å². The summed E-state index contributed by atoms with van der Waals surface area (Å²) in [6, 6.07) is 19.0. The number of hydrogen-bond acceptors (Lipinski definition) is 6. The summed E-state index contributed by atoms with van der Waals surface area (Å²) in [5, 5.41) is 2.68. The third kappa shape index (κ3) is 6.47. The van der Waals surface area contributed by atoms with Crippen molar-refractivity contribution in [3.05, 3.63) is 126 Å². The molecule has 1 unspecified atom stereocenters. The van der Waals surface area contributed by atoms with Gasteiger partial charge in [0.15, 0.2) is 15.6 Å². The molecule has 1 N–H and O–H groups in total. The molecule has 0 fully saturated rings. The summed E-state index contributed by atoms with van der Waals surface area (Å²) in [5.41, 5.74) is 3.04. The molecule has 0 aliphatic heterocycles. The lowest BCUT2D eigenvalue weighted by molar-refractivity contribution is 0.0954. The Labute approximate surface area is 239 Å². The molecular formula is C32H31N3O5S. The molecule has 1 atom stereocenters. The van der Waals surface area contributed by atoms with Crippen molar-refractivity contribution in [3.8, 4) is 5.75 Å². The predicted octanol–water partition coefficient (Wildman–Crippen LogP) is 5.11. The molecule has 210 valence electrons. The molecule has 0 radical (unpaired) electrons. The highest BCUT2D eigenvalue weighted by Gasteiger charge is 2.28. The topological polar surface area (TPSA) is 107 Å². The lowest BCUT2D eigenvalue weighted by Crippen LogP contribution is -2.23. The highest BCUT2D eigenvalue weighted by molar-refractivity contribution is 7.90. The lowest BCUT2D eigenvalue weighted by Gasteiger charge is -2.25. The molecule has 0 saturated heterocycles. The normalized spacial score (nSPS) is 13.7. The van der Waals surface area contributed by atoms with E-state index < -0.39 is 15.9 Å². The van der Waals surface area contributed by atoms with Crippen LogP contribution in [0, 0.1) is 0 Å². The summed E-state index contributed by atoms with van der Waals surface area (Å²) >= 11 is 0. The Kier molecular flexibility index (Phi) is 8.45. The molecule has 0 spiro atoms. The van der Waals surface area contributed by atoms with E-state index in [1.807, 2.05) is 41.1 Å². The second-order valence-electron chi connectivity index (χ2n) is 9.90. The van der Waals surface area contributed by atoms with E-state index in [-0.39, 0.29) is 22.3 Å². The maximum Gasteiger partial charge on any atom is 0.251 e. The Balaban J connectivity index is 1.51. The van der Waals surface area contributed by atoms with Crippen LogP contribution >= 0.6 is 0 Å². The number of fused-ring (bicyclic) bond motifs is 1. The Bertz CT molecular complexity index is 1650. The van der Waals surface area contributed by atoms with E-state index in [9.17, 15) is 18.0 Å². The fourth-order valence-electron chi connectivity index (χ4n) is 5.02. The number of aromatic nitrogens is 2. The Morgan fingerprint density at radius 2 is 1.85 bits per heavy atom. The fourth-order valence-corrected chi connectivity index (χ4v) is 6.43. The van der Waals surface area contributed by atoms with Gasteiger partial charge in [0.1, 0.15) is 11.9 Å². The zero-order chi connectivity index (χ0) is 28.8. The van der Waals surface area contributed by atoms with Crippen LogP contribution in [-0.4, -0.2) is 36.2 Å². The monoisotopic (exact) mass is 569 g/mol. The summed E-state index contributed by atoms with van der Waals surface area (Å²) < 4.78 is 35.9. The van der Waals surface area contributed by atoms with Crippen molar-refractivity contribution in [2.75, 3.05) is 6.54 Å². The van der Waals surface area contributed by atoms with Gasteiger partial charge in [0.05, 0.1) is 23.5 Å². The minimum Gasteiger partial charge on any atom is -0.484 e. The summed E-state index contributed by atoms with van der Waals surface area (Å²) in [6.07, 6.45) is 8.05. The number of nitrogens with one attached hydrogen (secondary N) is 1. The van der Waals surface area contributed by atoms with E-state index in [1.165, 1.54) is 24.3 Å². The minimum absolute atomic E-state index is 0.00404. The maximum absolute atomic E-state index is 13.7. The van der Waals surface area contributed by atoms with Crippen LogP contribution in [0.3, 0.4) is 0 Å². The number of carbonyl (C=O) groups excluding carboxylic acids is 2. The quantitative estimate of drug-likeness (QED) is 0.252. The third-order valence-corrected chi connectivity index (χ3v) is 8.77. The summed E-state index contributed by atoms with van der Waals surface area (Å²) in [6.45, 7) is 4.35. The van der Waals surface area contributed by atoms with E-state index in [2.05, 4.69) is 16.9 Å². The molecule has 0 bridgehead atoms. The second-order valence-corrected chi connectivity index (χ2v) is 11.9. The largest absolute Gasteiger partial charge is 0.484 e. The van der Waals surface area contributed by atoms with Crippen LogP contribution in [0.1, 0.15) is 56.4 Å². The molecule has 1 aliphatic carbocycles. The third-order valence-electron chi connectivity index (χ3n) is 7.11. The van der Waals surface area contributed by atoms with Crippen molar-refractivity contribution in [1.82, 2.24) is 14.9 Å². The van der Waals surface area contributed by atoms with E-state index in [4.69, 9.17) is 4.74 Å². The molecule has 3 aromatic carbocycles. The number of ether oxygens (including phenoxy) is 1. The Hall–Kier alpha value is -4.50. The van der Waals surface area contributed by atoms with Gasteiger partial charge in [-0.05, 0) is 60.4 Å². The molecule has 0 saturated carbocycles. The first-order valence-electron chi connectivity index (χ1n) is 13.4. The van der Waals surface area contributed by atoms with Gasteiger partial charge in [-0.3, -0.25) is 9.59 Å². The highest BCUT2D eigenvalue weighted by atomic mass is 32.2. The van der Waals surface area contributed by atoms with Crippen LogP contribution in [0.4, 0.5) is 0 Å². The number of nitrogens with zero attached hydrogens (tertiary/aromatic N) is 2. The maximum atomic E-state index is 13.7. The highest BCUT2D eigenvalue weighted by Crippen LogP contribution is 2.36. The number of imidazole rings is 1. The molecular weight excluding hydrogens is 538 g/mol. The van der Waals surface area contributed by atoms with Crippen LogP contribution in [0.2, 0.25) is 0 Å². The number of rotatable bonds is 11. The van der Waals surface area contributed by atoms with Crippen molar-refractivity contribution in [3.63, 3.8) is 0 Å². The van der Waals surface area contributed by atoms with Crippen LogP contribution < -0.4 is 10.1 Å². The average molecular weight is 570 g/mol. The number of Topliss-reactive ketones (excluding diaryl/α,β-unsaturated/α-hetero) is 1. The van der Waals surface area contributed by atoms with Crippen molar-refractivity contribution in [2.24, 2.45) is 0 Å². The zero-order valence-corrected chi connectivity index (χ0v) is 23.3. The second kappa shape index (κ2) is 12.3. The van der Waals surface area contributed by atoms with Gasteiger partial charge in [-0.15, -0.1) is 6.58 Å². The standard InChI is InChI=1S/C32H31N3O5S/c1-2-17-34-32(37)24-11-13-25(14-12-24)41(38,39)21-28-26-9-6-10-29(36)27(26)15-16-30(28)40-31(20-35-19-18-33-22-35)23-7-4-3-5-8-23/h2-5,7-8,11-16,18-19,22,31H,1,6,9-10,17,20-21H2,(H,34,37). The van der Waals surface area contributed by atoms with Gasteiger partial charge < -0.3 is 14.6 Å². The molecule has 5 rings (SSSR count). The summed E-state index contributed by atoms with van der Waals surface area (Å²) in [7, 11) is -3.85. The number of amides is 1. The van der Waals surface area contributed by atoms with E-state index in [1.54, 1.807) is 30.7 Å². The van der Waals surface area contributed by atoms with Crippen LogP contribution in [0.5, 0.6) is 5.75 Å². The molecule has 1 aliphatic rings. The van der Waals surface area contributed by atoms with Crippen molar-refractivity contribution < 1.29 is 22.7 Å². The number of sulfone groups is 1. The number of hydrogen-bond donors (Lipinski definition) is 1. The SMILES string of the molecule is C=CCNC(=O)c1ccc(S(=O)(=O)Cc2c(OC(Cn3ccnc3)c3ccccc3)ccc3c2CCCC3=O)cc1. The first-order valence-corrected chi connectivity index (χ1v) is 15.1. The van der Waals surface area contributed by atoms with Gasteiger partial charge in [0.2, 0.25) is 0 Å². The van der Waals surface area contributed by atoms with Crippen molar-refractivity contribution >= 4 is 21.5 Å². The molecule has 41 heavy (non-hydrogen) atoms. The summed E-state index contributed by atoms with van der Waals surface area (Å²) in [5.74, 6) is -0.223. The van der Waals surface area contributed by atoms with Gasteiger partial charge in [-0.2, -0.15) is 0 Å². The van der Waals surface area contributed by atoms with Crippen molar-refractivity contribution in [2.45, 2.75) is 42.6 Å². The number of ketones is 1. The Morgan fingerprint density at radius 1 is 1.07 bits per heavy atom. The van der Waals surface area contributed by atoms with Gasteiger partial charge >= 0.3 is 0 Å². The van der Waals surface area contributed by atoms with Crippen LogP contribution in [0.25, 0.3) is 0 Å². The van der Waals surface area contributed by atoms with Gasteiger partial charge in [-0.25, -0.2) is 13.4 Å². The lowest BCUT2D eigenvalue weighted by atomic mass is 9.87. The van der Waals surface area contributed by atoms with Gasteiger partial charge in [-0.1, -0.05) is 36.4 Å². The van der Waals surface area contributed by atoms with Crippen LogP contribution in [-0.2, 0) is 28.6 Å². The smallest absolute Gasteiger partial charge is 0.251 e. The molecule has 9 heteroatoms. The molecule has 1 aromatic heterocycles. The predicted molar refractivity (Wildman–Crippen MR) is 156 cm³/mol. The average Bonchev–Trinajstić information content (AvgIpc) is 3.50. The van der Waals surface area contributed by atoms with E-state index in [0.29, 0.717) is 54.8 Å². The van der Waals surface area contributed by atoms with Gasteiger partial charge in [0.25, 0.3) is 5.91 Å². The number of carbonyl (C=O) groups is 2. The minimum atomic E-state index is -3.85. The first kappa shape index (κ1) is 28.0. The van der Waals surface area contributed by atoms with E-state index >= 15 is 0 Å². The Morgan fingerprint density at radius 3 is 2.56 bits per heavy atom. The first-order chi connectivity index (χ1) is 19.9. The fraction of sp³-hybridized carbons (Fsp3) is 0.219. The summed E-state index contributed by atoms with van der Waals surface area (Å²) in [4.78, 5) is 29.3. The molecule has 4 aromatic rings.